The van der Waals surface area contributed by atoms with Crippen LogP contribution in [-0.4, -0.2) is 34.4 Å². The summed E-state index contributed by atoms with van der Waals surface area (Å²) in [5.74, 6) is 1.09. The second-order valence-corrected chi connectivity index (χ2v) is 6.13. The maximum Gasteiger partial charge on any atom is 0.173 e. The molecular weight excluding hydrogens is 268 g/mol. The quantitative estimate of drug-likeness (QED) is 0.802. The highest BCUT2D eigenvalue weighted by atomic mass is 32.2. The van der Waals surface area contributed by atoms with Crippen molar-refractivity contribution >= 4 is 21.2 Å². The third-order valence-electron chi connectivity index (χ3n) is 2.83. The van der Waals surface area contributed by atoms with Crippen LogP contribution in [0.1, 0.15) is 0 Å². The molecule has 0 fully saturated rings. The molecule has 2 rings (SSSR count). The highest BCUT2D eigenvalue weighted by Gasteiger charge is 2.22. The first-order valence-electron chi connectivity index (χ1n) is 5.64. The van der Waals surface area contributed by atoms with Crippen molar-refractivity contribution in [2.24, 2.45) is 0 Å². The number of methoxy groups -OCH3 is 2. The number of rotatable bonds is 4. The highest BCUT2D eigenvalue weighted by molar-refractivity contribution is 7.94. The Morgan fingerprint density at radius 1 is 1.26 bits per heavy atom. The van der Waals surface area contributed by atoms with E-state index in [1.807, 2.05) is 0 Å². The van der Waals surface area contributed by atoms with E-state index >= 15 is 0 Å². The Morgan fingerprint density at radius 2 is 1.89 bits per heavy atom. The fourth-order valence-electron chi connectivity index (χ4n) is 1.89. The molecular formula is C12H16N2O4S. The molecule has 1 aliphatic heterocycles. The summed E-state index contributed by atoms with van der Waals surface area (Å²) in [6.45, 7) is 0. The van der Waals surface area contributed by atoms with Crippen LogP contribution in [0.25, 0.3) is 0 Å². The van der Waals surface area contributed by atoms with Gasteiger partial charge in [-0.2, -0.15) is 0 Å². The third-order valence-corrected chi connectivity index (χ3v) is 4.22. The van der Waals surface area contributed by atoms with Crippen LogP contribution in [0.3, 0.4) is 0 Å². The van der Waals surface area contributed by atoms with Crippen LogP contribution in [0.15, 0.2) is 23.6 Å². The summed E-state index contributed by atoms with van der Waals surface area (Å²) in [6.07, 6.45) is 1.60. The summed E-state index contributed by atoms with van der Waals surface area (Å²) in [4.78, 5) is 0. The van der Waals surface area contributed by atoms with Gasteiger partial charge in [-0.15, -0.1) is 0 Å². The lowest BCUT2D eigenvalue weighted by Crippen LogP contribution is -2.21. The van der Waals surface area contributed by atoms with E-state index in [0.29, 0.717) is 22.9 Å². The van der Waals surface area contributed by atoms with E-state index in [4.69, 9.17) is 15.2 Å². The van der Waals surface area contributed by atoms with Crippen LogP contribution in [-0.2, 0) is 9.84 Å². The molecule has 0 radical (unpaired) electrons. The summed E-state index contributed by atoms with van der Waals surface area (Å²) in [7, 11) is -0.0467. The van der Waals surface area contributed by atoms with Gasteiger partial charge < -0.3 is 20.5 Å². The van der Waals surface area contributed by atoms with E-state index in [-0.39, 0.29) is 11.8 Å². The topological polar surface area (TPSA) is 90.6 Å². The Bertz CT molecular complexity index is 610. The Hall–Kier alpha value is -1.89. The Morgan fingerprint density at radius 3 is 2.42 bits per heavy atom. The molecule has 7 heteroatoms. The molecule has 1 heterocycles. The average Bonchev–Trinajstić information content (AvgIpc) is 2.70. The van der Waals surface area contributed by atoms with Crippen molar-refractivity contribution in [1.29, 1.82) is 0 Å². The molecule has 0 saturated heterocycles. The normalized spacial score (nSPS) is 20.2. The minimum atomic E-state index is -3.10. The first-order chi connectivity index (χ1) is 8.95. The maximum atomic E-state index is 11.3. The summed E-state index contributed by atoms with van der Waals surface area (Å²) < 4.78 is 33.0. The molecule has 104 valence electrons. The summed E-state index contributed by atoms with van der Waals surface area (Å²) in [6, 6.07) is 3.03. The van der Waals surface area contributed by atoms with Crippen LogP contribution in [0.2, 0.25) is 0 Å². The molecule has 1 aromatic carbocycles. The molecule has 1 aromatic rings. The molecule has 1 aliphatic rings. The lowest BCUT2D eigenvalue weighted by Gasteiger charge is -2.16. The van der Waals surface area contributed by atoms with E-state index in [0.717, 1.165) is 0 Å². The SMILES string of the molecule is COc1cc(N)c(NC2C=CS(=O)(=O)C2)cc1OC. The minimum absolute atomic E-state index is 0.0286. The van der Waals surface area contributed by atoms with Gasteiger partial charge in [-0.1, -0.05) is 6.08 Å². The highest BCUT2D eigenvalue weighted by Crippen LogP contribution is 2.35. The molecule has 1 atom stereocenters. The summed E-state index contributed by atoms with van der Waals surface area (Å²) in [5, 5.41) is 4.27. The maximum absolute atomic E-state index is 11.3. The Labute approximate surface area is 112 Å². The van der Waals surface area contributed by atoms with Crippen LogP contribution >= 0.6 is 0 Å². The number of anilines is 2. The monoisotopic (exact) mass is 284 g/mol. The fourth-order valence-corrected chi connectivity index (χ4v) is 3.12. The molecule has 1 unspecified atom stereocenters. The number of nitrogen functional groups attached to an aromatic ring is 1. The first kappa shape index (κ1) is 13.5. The second-order valence-electron chi connectivity index (χ2n) is 4.20. The number of nitrogens with one attached hydrogen (secondary N) is 1. The standard InChI is InChI=1S/C12H16N2O4S/c1-17-11-5-9(13)10(6-12(11)18-2)14-8-3-4-19(15,16)7-8/h3-6,8,14H,7,13H2,1-2H3. The number of sulfone groups is 1. The van der Waals surface area contributed by atoms with Crippen molar-refractivity contribution in [2.75, 3.05) is 31.0 Å². The fraction of sp³-hybridized carbons (Fsp3) is 0.333. The average molecular weight is 284 g/mol. The number of hydrogen-bond donors (Lipinski definition) is 2. The smallest absolute Gasteiger partial charge is 0.173 e. The van der Waals surface area contributed by atoms with Crippen LogP contribution < -0.4 is 20.5 Å². The molecule has 6 nitrogen and oxygen atoms in total. The summed E-state index contributed by atoms with van der Waals surface area (Å²) >= 11 is 0. The van der Waals surface area contributed by atoms with Crippen molar-refractivity contribution in [2.45, 2.75) is 6.04 Å². The van der Waals surface area contributed by atoms with Crippen LogP contribution in [0.4, 0.5) is 11.4 Å². The van der Waals surface area contributed by atoms with Gasteiger partial charge in [-0.3, -0.25) is 0 Å². The van der Waals surface area contributed by atoms with Crippen molar-refractivity contribution in [3.8, 4) is 11.5 Å². The van der Waals surface area contributed by atoms with Gasteiger partial charge in [0.1, 0.15) is 0 Å². The number of ether oxygens (including phenoxy) is 2. The van der Waals surface area contributed by atoms with Gasteiger partial charge in [0.2, 0.25) is 0 Å². The van der Waals surface area contributed by atoms with Gasteiger partial charge in [0.15, 0.2) is 21.3 Å². The minimum Gasteiger partial charge on any atom is -0.493 e. The van der Waals surface area contributed by atoms with Gasteiger partial charge in [0, 0.05) is 17.5 Å². The van der Waals surface area contributed by atoms with Gasteiger partial charge in [-0.25, -0.2) is 8.42 Å². The van der Waals surface area contributed by atoms with Crippen molar-refractivity contribution in [1.82, 2.24) is 0 Å². The molecule has 0 spiro atoms. The largest absolute Gasteiger partial charge is 0.493 e. The zero-order valence-corrected chi connectivity index (χ0v) is 11.5. The number of nitrogens with two attached hydrogens (primary N) is 1. The van der Waals surface area contributed by atoms with Gasteiger partial charge >= 0.3 is 0 Å². The van der Waals surface area contributed by atoms with E-state index in [1.54, 1.807) is 18.2 Å². The third kappa shape index (κ3) is 2.93. The summed E-state index contributed by atoms with van der Waals surface area (Å²) in [5.41, 5.74) is 6.98. The van der Waals surface area contributed by atoms with Crippen LogP contribution in [0, 0.1) is 0 Å². The molecule has 0 bridgehead atoms. The van der Waals surface area contributed by atoms with Crippen molar-refractivity contribution in [3.05, 3.63) is 23.6 Å². The predicted octanol–water partition coefficient (Wildman–Crippen LogP) is 1.01. The molecule has 0 aliphatic carbocycles. The van der Waals surface area contributed by atoms with Gasteiger partial charge in [0.25, 0.3) is 0 Å². The van der Waals surface area contributed by atoms with E-state index in [2.05, 4.69) is 5.32 Å². The molecule has 0 amide bonds. The molecule has 0 saturated carbocycles. The van der Waals surface area contributed by atoms with E-state index in [9.17, 15) is 8.42 Å². The van der Waals surface area contributed by atoms with E-state index in [1.165, 1.54) is 19.6 Å². The molecule has 19 heavy (non-hydrogen) atoms. The number of hydrogen-bond acceptors (Lipinski definition) is 6. The molecule has 3 N–H and O–H groups in total. The van der Waals surface area contributed by atoms with Gasteiger partial charge in [0.05, 0.1) is 37.4 Å². The lowest BCUT2D eigenvalue weighted by molar-refractivity contribution is 0.355. The first-order valence-corrected chi connectivity index (χ1v) is 7.35. The van der Waals surface area contributed by atoms with E-state index < -0.39 is 9.84 Å². The van der Waals surface area contributed by atoms with Gasteiger partial charge in [-0.05, 0) is 0 Å². The number of benzene rings is 1. The molecule has 0 aromatic heterocycles. The zero-order valence-electron chi connectivity index (χ0n) is 10.7. The van der Waals surface area contributed by atoms with Crippen molar-refractivity contribution < 1.29 is 17.9 Å². The predicted molar refractivity (Wildman–Crippen MR) is 74.3 cm³/mol. The van der Waals surface area contributed by atoms with Crippen molar-refractivity contribution in [3.63, 3.8) is 0 Å². The Kier molecular flexibility index (Phi) is 3.57. The zero-order chi connectivity index (χ0) is 14.0. The lowest BCUT2D eigenvalue weighted by atomic mass is 10.2. The second kappa shape index (κ2) is 5.00. The Balaban J connectivity index is 2.24. The van der Waals surface area contributed by atoms with Crippen LogP contribution in [0.5, 0.6) is 11.5 Å².